The summed E-state index contributed by atoms with van der Waals surface area (Å²) in [5.74, 6) is 0. The molecule has 0 unspecified atom stereocenters. The van der Waals surface area contributed by atoms with Crippen LogP contribution in [0.1, 0.15) is 12.8 Å². The summed E-state index contributed by atoms with van der Waals surface area (Å²) in [6.45, 7) is 2.47. The van der Waals surface area contributed by atoms with Crippen molar-refractivity contribution in [2.75, 3.05) is 32.7 Å². The van der Waals surface area contributed by atoms with Crippen molar-refractivity contribution in [2.24, 2.45) is 22.2 Å². The molecule has 6 nitrogen and oxygen atoms in total. The number of rotatable bonds is 9. The molecule has 0 aromatic rings. The van der Waals surface area contributed by atoms with Crippen molar-refractivity contribution in [3.8, 4) is 0 Å². The molecule has 0 aliphatic carbocycles. The van der Waals surface area contributed by atoms with Gasteiger partial charge in [0.2, 0.25) is 0 Å². The van der Waals surface area contributed by atoms with E-state index in [-0.39, 0.29) is 0 Å². The molecule has 18 heavy (non-hydrogen) atoms. The molecule has 0 saturated carbocycles. The Morgan fingerprint density at radius 3 is 2.28 bits per heavy atom. The number of aliphatic imine (C=N–C) groups is 1. The van der Waals surface area contributed by atoms with Crippen molar-refractivity contribution in [2.45, 2.75) is 18.4 Å². The van der Waals surface area contributed by atoms with Crippen LogP contribution in [0.4, 0.5) is 0 Å². The van der Waals surface area contributed by atoms with Gasteiger partial charge in [-0.25, -0.2) is 4.99 Å². The van der Waals surface area contributed by atoms with E-state index in [0.717, 1.165) is 19.4 Å². The minimum absolute atomic E-state index is 0.338. The second-order valence-electron chi connectivity index (χ2n) is 3.95. The van der Waals surface area contributed by atoms with Crippen LogP contribution in [-0.2, 0) is 0 Å². The molecule has 0 atom stereocenters. The fourth-order valence-electron chi connectivity index (χ4n) is 1.25. The average molecular weight is 290 g/mol. The van der Waals surface area contributed by atoms with Crippen LogP contribution in [-0.4, -0.2) is 48.5 Å². The first kappa shape index (κ1) is 17.4. The second kappa shape index (κ2) is 10.3. The highest BCUT2D eigenvalue weighted by Gasteiger charge is 2.25. The van der Waals surface area contributed by atoms with Gasteiger partial charge in [0, 0.05) is 32.7 Å². The number of nitrogens with two attached hydrogens (primary N) is 3. The van der Waals surface area contributed by atoms with E-state index in [4.69, 9.17) is 29.4 Å². The minimum atomic E-state index is -0.522. The third-order valence-corrected chi connectivity index (χ3v) is 2.97. The summed E-state index contributed by atoms with van der Waals surface area (Å²) in [7, 11) is 0. The number of unbranched alkanes of at least 4 members (excludes halogenated alkanes) is 1. The van der Waals surface area contributed by atoms with Crippen LogP contribution in [0.3, 0.4) is 0 Å². The molecule has 0 bridgehead atoms. The van der Waals surface area contributed by atoms with E-state index in [1.165, 1.54) is 0 Å². The highest BCUT2D eigenvalue weighted by atomic mass is 32.1. The molecule has 0 aromatic heterocycles. The lowest BCUT2D eigenvalue weighted by Crippen LogP contribution is -2.64. The first-order valence-electron chi connectivity index (χ1n) is 5.84. The van der Waals surface area contributed by atoms with Crippen LogP contribution >= 0.6 is 24.4 Å². The van der Waals surface area contributed by atoms with Gasteiger partial charge in [-0.15, -0.1) is 0 Å². The third-order valence-electron chi connectivity index (χ3n) is 2.60. The summed E-state index contributed by atoms with van der Waals surface area (Å²) in [5.41, 5.74) is 16.4. The van der Waals surface area contributed by atoms with E-state index in [9.17, 15) is 0 Å². The topological polar surface area (TPSA) is 114 Å². The lowest BCUT2D eigenvalue weighted by Gasteiger charge is -2.32. The fraction of sp³-hybridized carbons (Fsp3) is 0.800. The van der Waals surface area contributed by atoms with Crippen LogP contribution in [0.5, 0.6) is 0 Å². The van der Waals surface area contributed by atoms with E-state index >= 15 is 0 Å². The van der Waals surface area contributed by atoms with Crippen molar-refractivity contribution in [3.05, 3.63) is 0 Å². The third kappa shape index (κ3) is 6.95. The molecular formula is C10H22N6S2. The molecule has 8 N–H and O–H groups in total. The maximum Gasteiger partial charge on any atom is 0.166 e. The van der Waals surface area contributed by atoms with Crippen molar-refractivity contribution in [1.29, 1.82) is 0 Å². The lowest BCUT2D eigenvalue weighted by molar-refractivity contribution is 0.406. The SMILES string of the molecule is NCC(CN)(CN)NC(=S)NCCCCN=C=S. The summed E-state index contributed by atoms with van der Waals surface area (Å²) < 4.78 is 0. The van der Waals surface area contributed by atoms with Crippen LogP contribution in [0.2, 0.25) is 0 Å². The van der Waals surface area contributed by atoms with Crippen LogP contribution in [0.25, 0.3) is 0 Å². The van der Waals surface area contributed by atoms with Crippen LogP contribution < -0.4 is 27.8 Å². The maximum absolute atomic E-state index is 5.65. The molecule has 0 aromatic carbocycles. The normalized spacial score (nSPS) is 10.6. The highest BCUT2D eigenvalue weighted by molar-refractivity contribution is 7.80. The molecule has 0 rings (SSSR count). The van der Waals surface area contributed by atoms with Gasteiger partial charge in [-0.2, -0.15) is 0 Å². The summed E-state index contributed by atoms with van der Waals surface area (Å²) in [5, 5.41) is 9.01. The van der Waals surface area contributed by atoms with Gasteiger partial charge in [-0.05, 0) is 37.3 Å². The molecule has 104 valence electrons. The molecule has 0 fully saturated rings. The Bertz CT molecular complexity index is 278. The standard InChI is InChI=1S/C10H22N6S2/c11-5-10(6-12,7-13)16-9(18)15-4-2-1-3-14-8-17/h1-7,11-13H2,(H2,15,16,18). The molecule has 0 aliphatic rings. The van der Waals surface area contributed by atoms with Crippen LogP contribution in [0, 0.1) is 0 Å². The van der Waals surface area contributed by atoms with Crippen molar-refractivity contribution in [1.82, 2.24) is 10.6 Å². The summed E-state index contributed by atoms with van der Waals surface area (Å²) in [4.78, 5) is 3.83. The first-order valence-corrected chi connectivity index (χ1v) is 6.65. The Kier molecular flexibility index (Phi) is 9.95. The molecule has 0 aliphatic heterocycles. The second-order valence-corrected chi connectivity index (χ2v) is 4.54. The molecule has 0 radical (unpaired) electrons. The van der Waals surface area contributed by atoms with Gasteiger partial charge in [-0.1, -0.05) is 0 Å². The van der Waals surface area contributed by atoms with Crippen molar-refractivity contribution >= 4 is 34.7 Å². The van der Waals surface area contributed by atoms with Gasteiger partial charge in [0.25, 0.3) is 0 Å². The Hall–Kier alpha value is -0.630. The quantitative estimate of drug-likeness (QED) is 0.209. The first-order chi connectivity index (χ1) is 8.64. The monoisotopic (exact) mass is 290 g/mol. The largest absolute Gasteiger partial charge is 0.363 e. The molecule has 0 heterocycles. The van der Waals surface area contributed by atoms with E-state index in [2.05, 4.69) is 33.0 Å². The number of thiocarbonyl (C=S) groups is 2. The van der Waals surface area contributed by atoms with Crippen LogP contribution in [0.15, 0.2) is 4.99 Å². The zero-order chi connectivity index (χ0) is 13.9. The molecule has 0 spiro atoms. The van der Waals surface area contributed by atoms with Gasteiger partial charge in [0.05, 0.1) is 10.7 Å². The Morgan fingerprint density at radius 1 is 1.17 bits per heavy atom. The number of isothiocyanates is 1. The summed E-state index contributed by atoms with van der Waals surface area (Å²) in [6, 6.07) is 0. The van der Waals surface area contributed by atoms with Gasteiger partial charge in [-0.3, -0.25) is 0 Å². The molecular weight excluding hydrogens is 268 g/mol. The molecule has 0 amide bonds. The fourth-order valence-corrected chi connectivity index (χ4v) is 1.66. The van der Waals surface area contributed by atoms with Gasteiger partial charge < -0.3 is 27.8 Å². The predicted molar refractivity (Wildman–Crippen MR) is 82.8 cm³/mol. The number of hydrogen-bond acceptors (Lipinski definition) is 6. The zero-order valence-corrected chi connectivity index (χ0v) is 12.1. The molecule has 8 heteroatoms. The minimum Gasteiger partial charge on any atom is -0.363 e. The maximum atomic E-state index is 5.65. The zero-order valence-electron chi connectivity index (χ0n) is 10.4. The lowest BCUT2D eigenvalue weighted by atomic mass is 10.0. The van der Waals surface area contributed by atoms with E-state index in [1.54, 1.807) is 0 Å². The number of hydrogen-bond donors (Lipinski definition) is 5. The Labute approximate surface area is 119 Å². The highest BCUT2D eigenvalue weighted by Crippen LogP contribution is 1.97. The summed E-state index contributed by atoms with van der Waals surface area (Å²) >= 11 is 9.63. The van der Waals surface area contributed by atoms with Gasteiger partial charge >= 0.3 is 0 Å². The average Bonchev–Trinajstić information content (AvgIpc) is 2.40. The van der Waals surface area contributed by atoms with Gasteiger partial charge in [0.1, 0.15) is 0 Å². The molecule has 0 saturated heterocycles. The Balaban J connectivity index is 3.85. The van der Waals surface area contributed by atoms with Crippen molar-refractivity contribution in [3.63, 3.8) is 0 Å². The smallest absolute Gasteiger partial charge is 0.166 e. The summed E-state index contributed by atoms with van der Waals surface area (Å²) in [6.07, 6.45) is 1.89. The van der Waals surface area contributed by atoms with E-state index in [1.807, 2.05) is 0 Å². The van der Waals surface area contributed by atoms with E-state index < -0.39 is 5.54 Å². The van der Waals surface area contributed by atoms with Gasteiger partial charge in [0.15, 0.2) is 5.11 Å². The Morgan fingerprint density at radius 2 is 1.78 bits per heavy atom. The van der Waals surface area contributed by atoms with E-state index in [0.29, 0.717) is 31.3 Å². The predicted octanol–water partition coefficient (Wildman–Crippen LogP) is -1.05. The van der Waals surface area contributed by atoms with Crippen molar-refractivity contribution < 1.29 is 0 Å². The number of nitrogens with zero attached hydrogens (tertiary/aromatic N) is 1. The number of nitrogens with one attached hydrogen (secondary N) is 2.